The molecule has 52 heavy (non-hydrogen) atoms. The number of rotatable bonds is 36. The summed E-state index contributed by atoms with van der Waals surface area (Å²) in [7, 11) is -18.3. The summed E-state index contributed by atoms with van der Waals surface area (Å²) in [5.74, 6) is 0. The van der Waals surface area contributed by atoms with E-state index in [-0.39, 0.29) is 26.4 Å². The first kappa shape index (κ1) is 56.6. The molecule has 0 spiro atoms. The lowest BCUT2D eigenvalue weighted by Crippen LogP contribution is -2.02. The Morgan fingerprint density at radius 2 is 0.519 bits per heavy atom. The molecule has 0 aromatic carbocycles. The highest BCUT2D eigenvalue weighted by Gasteiger charge is 2.36. The molecule has 0 aromatic heterocycles. The van der Waals surface area contributed by atoms with Gasteiger partial charge < -0.3 is 19.6 Å². The summed E-state index contributed by atoms with van der Waals surface area (Å²) >= 11 is 0. The van der Waals surface area contributed by atoms with Crippen LogP contribution in [0.2, 0.25) is 0 Å². The van der Waals surface area contributed by atoms with Crippen molar-refractivity contribution < 1.29 is 64.6 Å². The minimum Gasteiger partial charge on any atom is -0.302 e. The number of phosphoric acid groups is 4. The lowest BCUT2D eigenvalue weighted by Gasteiger charge is -2.18. The van der Waals surface area contributed by atoms with Gasteiger partial charge in [-0.15, -0.1) is 13.2 Å². The number of unbranched alkanes of at least 4 members (excludes halogenated alkanes) is 20. The van der Waals surface area contributed by atoms with Gasteiger partial charge in [-0.1, -0.05) is 156 Å². The Morgan fingerprint density at radius 3 is 0.692 bits per heavy atom. The maximum Gasteiger partial charge on any atom is 0.483 e. The van der Waals surface area contributed by atoms with Crippen molar-refractivity contribution in [2.24, 2.45) is 0 Å². The smallest absolute Gasteiger partial charge is 0.302 e. The van der Waals surface area contributed by atoms with Gasteiger partial charge in [0.1, 0.15) is 0 Å². The first-order chi connectivity index (χ1) is 24.7. The molecule has 18 heteroatoms. The van der Waals surface area contributed by atoms with E-state index in [4.69, 9.17) is 37.7 Å². The summed E-state index contributed by atoms with van der Waals surface area (Å²) in [6.07, 6.45) is 24.4. The van der Waals surface area contributed by atoms with Crippen LogP contribution in [0.5, 0.6) is 0 Å². The molecule has 0 aliphatic carbocycles. The largest absolute Gasteiger partial charge is 0.483 e. The summed E-state index contributed by atoms with van der Waals surface area (Å²) in [5, 5.41) is 0. The third-order valence-electron chi connectivity index (χ3n) is 7.40. The van der Waals surface area contributed by atoms with Crippen LogP contribution in [0.15, 0.2) is 13.2 Å². The van der Waals surface area contributed by atoms with Crippen molar-refractivity contribution in [3.05, 3.63) is 13.2 Å². The Morgan fingerprint density at radius 1 is 0.346 bits per heavy atom. The SMILES string of the molecule is C=C.CCCCCCCCOP(=O)(OCCCCCCCC)OP(=O)(O)O.CCCCCCCCOP(=O)(OCCCCCCCC)OP(=O)(O)O. The molecule has 0 unspecified atom stereocenters. The fraction of sp³-hybridized carbons (Fsp3) is 0.941. The van der Waals surface area contributed by atoms with Gasteiger partial charge >= 0.3 is 31.3 Å². The zero-order valence-corrected chi connectivity index (χ0v) is 36.5. The van der Waals surface area contributed by atoms with Crippen LogP contribution in [-0.2, 0) is 45.0 Å². The van der Waals surface area contributed by atoms with Gasteiger partial charge in [0.2, 0.25) is 0 Å². The Labute approximate surface area is 316 Å². The van der Waals surface area contributed by atoms with E-state index in [0.717, 1.165) is 103 Å². The Hall–Kier alpha value is 0.260. The minimum absolute atomic E-state index is 0.0971. The van der Waals surface area contributed by atoms with Crippen molar-refractivity contribution >= 4 is 31.3 Å². The Kier molecular flexibility index (Phi) is 41.5. The highest BCUT2D eigenvalue weighted by Crippen LogP contribution is 2.62. The quantitative estimate of drug-likeness (QED) is 0.0263. The van der Waals surface area contributed by atoms with Gasteiger partial charge in [0.15, 0.2) is 0 Å². The topological polar surface area (TPSA) is 205 Å². The fourth-order valence-electron chi connectivity index (χ4n) is 4.66. The molecule has 0 aliphatic rings. The van der Waals surface area contributed by atoms with Crippen molar-refractivity contribution in [1.29, 1.82) is 0 Å². The van der Waals surface area contributed by atoms with E-state index in [2.05, 4.69) is 49.5 Å². The monoisotopic (exact) mass is 832 g/mol. The van der Waals surface area contributed by atoms with Gasteiger partial charge in [0.25, 0.3) is 0 Å². The van der Waals surface area contributed by atoms with Crippen LogP contribution in [0, 0.1) is 0 Å². The van der Waals surface area contributed by atoms with Crippen molar-refractivity contribution in [2.45, 2.75) is 182 Å². The number of hydrogen-bond acceptors (Lipinski definition) is 10. The standard InChI is InChI=1S/2C16H36O7P2.C2H4/c2*1-3-5-7-9-11-13-15-21-25(20,23-24(17,18)19)22-16-14-12-10-8-6-4-2;1-2/h2*3-16H2,1-2H3,(H2,17,18,19);1-2H2. The second kappa shape index (κ2) is 38.1. The van der Waals surface area contributed by atoms with Gasteiger partial charge in [0, 0.05) is 0 Å². The maximum absolute atomic E-state index is 12.3. The van der Waals surface area contributed by atoms with Crippen LogP contribution in [-0.4, -0.2) is 46.0 Å². The van der Waals surface area contributed by atoms with Crippen molar-refractivity contribution in [3.8, 4) is 0 Å². The zero-order valence-electron chi connectivity index (χ0n) is 32.9. The molecule has 0 aromatic rings. The van der Waals surface area contributed by atoms with Crippen LogP contribution in [0.1, 0.15) is 182 Å². The summed E-state index contributed by atoms with van der Waals surface area (Å²) < 4.78 is 75.6. The lowest BCUT2D eigenvalue weighted by molar-refractivity contribution is 0.134. The van der Waals surface area contributed by atoms with Gasteiger partial charge in [0.05, 0.1) is 26.4 Å². The molecular formula is C34H76O14P4. The van der Waals surface area contributed by atoms with Gasteiger partial charge in [-0.05, 0) is 25.7 Å². The molecule has 0 bridgehead atoms. The fourth-order valence-corrected chi connectivity index (χ4v) is 9.06. The molecule has 0 atom stereocenters. The Balaban J connectivity index is -0.000000881. The molecule has 0 radical (unpaired) electrons. The van der Waals surface area contributed by atoms with E-state index in [0.29, 0.717) is 25.7 Å². The third kappa shape index (κ3) is 44.7. The average Bonchev–Trinajstić information content (AvgIpc) is 3.06. The highest BCUT2D eigenvalue weighted by molar-refractivity contribution is 7.61. The summed E-state index contributed by atoms with van der Waals surface area (Å²) in [4.78, 5) is 35.6. The van der Waals surface area contributed by atoms with E-state index in [1.54, 1.807) is 0 Å². The summed E-state index contributed by atoms with van der Waals surface area (Å²) in [5.41, 5.74) is 0. The van der Waals surface area contributed by atoms with E-state index >= 15 is 0 Å². The second-order valence-corrected chi connectivity index (χ2v) is 18.5. The molecular weight excluding hydrogens is 756 g/mol. The minimum atomic E-state index is -4.94. The predicted molar refractivity (Wildman–Crippen MR) is 210 cm³/mol. The second-order valence-electron chi connectivity index (χ2n) is 12.4. The molecule has 316 valence electrons. The van der Waals surface area contributed by atoms with Gasteiger partial charge in [-0.3, -0.25) is 18.1 Å². The Bertz CT molecular complexity index is 842. The normalized spacial score (nSPS) is 12.2. The van der Waals surface area contributed by atoms with E-state index in [9.17, 15) is 18.3 Å². The molecule has 0 heterocycles. The molecule has 0 fully saturated rings. The van der Waals surface area contributed by atoms with Crippen LogP contribution in [0.25, 0.3) is 0 Å². The molecule has 0 saturated carbocycles. The van der Waals surface area contributed by atoms with Crippen molar-refractivity contribution in [2.75, 3.05) is 26.4 Å². The first-order valence-electron chi connectivity index (χ1n) is 19.5. The molecule has 0 saturated heterocycles. The molecule has 0 amide bonds. The predicted octanol–water partition coefficient (Wildman–Crippen LogP) is 12.7. The number of phosphoric ester groups is 2. The van der Waals surface area contributed by atoms with Crippen LogP contribution in [0.4, 0.5) is 0 Å². The molecule has 14 nitrogen and oxygen atoms in total. The molecule has 4 N–H and O–H groups in total. The van der Waals surface area contributed by atoms with Crippen molar-refractivity contribution in [1.82, 2.24) is 0 Å². The van der Waals surface area contributed by atoms with Crippen LogP contribution >= 0.6 is 31.3 Å². The summed E-state index contributed by atoms with van der Waals surface area (Å²) in [6, 6.07) is 0. The van der Waals surface area contributed by atoms with E-state index in [1.807, 2.05) is 0 Å². The summed E-state index contributed by atoms with van der Waals surface area (Å²) in [6.45, 7) is 14.9. The van der Waals surface area contributed by atoms with E-state index < -0.39 is 31.3 Å². The molecule has 0 rings (SSSR count). The highest BCUT2D eigenvalue weighted by atomic mass is 31.3. The van der Waals surface area contributed by atoms with Crippen molar-refractivity contribution in [3.63, 3.8) is 0 Å². The van der Waals surface area contributed by atoms with Crippen LogP contribution in [0.3, 0.4) is 0 Å². The molecule has 0 aliphatic heterocycles. The maximum atomic E-state index is 12.3. The number of hydrogen-bond donors (Lipinski definition) is 4. The zero-order chi connectivity index (χ0) is 40.0. The van der Waals surface area contributed by atoms with Gasteiger partial charge in [-0.25, -0.2) is 18.3 Å². The van der Waals surface area contributed by atoms with Gasteiger partial charge in [-0.2, -0.15) is 8.62 Å². The van der Waals surface area contributed by atoms with Crippen LogP contribution < -0.4 is 0 Å². The van der Waals surface area contributed by atoms with E-state index in [1.165, 1.54) is 25.7 Å². The third-order valence-corrected chi connectivity index (χ3v) is 12.7. The first-order valence-corrected chi connectivity index (χ1v) is 25.5. The average molecular weight is 833 g/mol. The lowest BCUT2D eigenvalue weighted by atomic mass is 10.1.